The molecule has 0 saturated carbocycles. The topological polar surface area (TPSA) is 169 Å². The molecule has 0 aliphatic heterocycles. The number of benzene rings is 2. The first kappa shape index (κ1) is 26.0. The number of aromatic nitrogens is 2. The van der Waals surface area contributed by atoms with Gasteiger partial charge in [-0.15, -0.1) is 0 Å². The van der Waals surface area contributed by atoms with Crippen LogP contribution in [0, 0.1) is 11.2 Å². The van der Waals surface area contributed by atoms with E-state index < -0.39 is 11.9 Å². The quantitative estimate of drug-likeness (QED) is 0.245. The van der Waals surface area contributed by atoms with Gasteiger partial charge in [0, 0.05) is 18.0 Å². The van der Waals surface area contributed by atoms with Crippen LogP contribution >= 0.6 is 0 Å². The zero-order valence-corrected chi connectivity index (χ0v) is 20.5. The first-order valence-corrected chi connectivity index (χ1v) is 11.5. The summed E-state index contributed by atoms with van der Waals surface area (Å²) in [5.74, 6) is -0.00867. The highest BCUT2D eigenvalue weighted by Crippen LogP contribution is 2.32. The van der Waals surface area contributed by atoms with E-state index in [1.54, 1.807) is 37.3 Å². The van der Waals surface area contributed by atoms with Crippen LogP contribution in [0.2, 0.25) is 0 Å². The van der Waals surface area contributed by atoms with E-state index in [0.717, 1.165) is 0 Å². The highest BCUT2D eigenvalue weighted by molar-refractivity contribution is 6.25. The molecule has 38 heavy (non-hydrogen) atoms. The van der Waals surface area contributed by atoms with Crippen molar-refractivity contribution in [1.82, 2.24) is 9.97 Å². The average Bonchev–Trinajstić information content (AvgIpc) is 2.90. The van der Waals surface area contributed by atoms with Gasteiger partial charge in [0.05, 0.1) is 34.9 Å². The van der Waals surface area contributed by atoms with Crippen LogP contribution in [0.15, 0.2) is 85.8 Å². The van der Waals surface area contributed by atoms with Crippen LogP contribution in [0.25, 0.3) is 22.1 Å². The number of nitrogen functional groups attached to an aromatic ring is 1. The lowest BCUT2D eigenvalue weighted by atomic mass is 9.98. The second kappa shape index (κ2) is 11.4. The van der Waals surface area contributed by atoms with Gasteiger partial charge in [-0.1, -0.05) is 24.3 Å². The van der Waals surface area contributed by atoms with Gasteiger partial charge < -0.3 is 21.2 Å². The van der Waals surface area contributed by atoms with Crippen molar-refractivity contribution in [3.63, 3.8) is 0 Å². The molecule has 2 aromatic carbocycles. The summed E-state index contributed by atoms with van der Waals surface area (Å²) in [7, 11) is 0. The predicted molar refractivity (Wildman–Crippen MR) is 148 cm³/mol. The number of fused-ring (bicyclic) bond motifs is 1. The predicted octanol–water partition coefficient (Wildman–Crippen LogP) is 4.08. The number of aliphatic imine (C=N–C) groups is 2. The molecule has 0 saturated heterocycles. The Morgan fingerprint density at radius 3 is 2.79 bits per heavy atom. The molecule has 11 heteroatoms. The number of nitrogens with one attached hydrogen (secondary N) is 2. The van der Waals surface area contributed by atoms with Crippen molar-refractivity contribution in [3.05, 3.63) is 94.0 Å². The summed E-state index contributed by atoms with van der Waals surface area (Å²) in [6.07, 6.45) is 3.96. The third-order valence-electron chi connectivity index (χ3n) is 5.67. The Morgan fingerprint density at radius 2 is 2.05 bits per heavy atom. The number of halogens is 1. The standard InChI is InChI=1S/C27H25FN8O2/c1-15(36-27-22(26(31)34-14-35-27)23(30)17(11-32-2)12-33-13-29)25-21(16-6-5-7-18(28)10-16)24(37)19-8-3-4-9-20(19)38-25/h3-12,14-15,30H,2,13,29H2,1H3,(H3,31,34,35,36)/b17-11+,30-23?,33-12?. The molecule has 192 valence electrons. The van der Waals surface area contributed by atoms with Gasteiger partial charge in [-0.3, -0.25) is 20.2 Å². The molecule has 4 aromatic rings. The number of hydrogen-bond acceptors (Lipinski definition) is 10. The van der Waals surface area contributed by atoms with E-state index in [-0.39, 0.29) is 51.9 Å². The normalized spacial score (nSPS) is 12.6. The molecule has 2 heterocycles. The second-order valence-corrected chi connectivity index (χ2v) is 8.16. The van der Waals surface area contributed by atoms with E-state index in [1.165, 1.54) is 36.9 Å². The van der Waals surface area contributed by atoms with Crippen LogP contribution in [0.3, 0.4) is 0 Å². The van der Waals surface area contributed by atoms with Crippen molar-refractivity contribution in [2.75, 3.05) is 17.7 Å². The van der Waals surface area contributed by atoms with Gasteiger partial charge in [0.1, 0.15) is 35.1 Å². The molecule has 0 spiro atoms. The van der Waals surface area contributed by atoms with Gasteiger partial charge in [-0.05, 0) is 43.5 Å². The third-order valence-corrected chi connectivity index (χ3v) is 5.67. The van der Waals surface area contributed by atoms with Crippen molar-refractivity contribution >= 4 is 41.2 Å². The first-order valence-electron chi connectivity index (χ1n) is 11.5. The van der Waals surface area contributed by atoms with Crippen LogP contribution in [-0.4, -0.2) is 35.3 Å². The molecule has 1 atom stereocenters. The van der Waals surface area contributed by atoms with Gasteiger partial charge >= 0.3 is 0 Å². The summed E-state index contributed by atoms with van der Waals surface area (Å²) < 4.78 is 20.3. The summed E-state index contributed by atoms with van der Waals surface area (Å²) in [6, 6.07) is 11.9. The summed E-state index contributed by atoms with van der Waals surface area (Å²) in [4.78, 5) is 29.6. The summed E-state index contributed by atoms with van der Waals surface area (Å²) in [5, 5.41) is 12.3. The highest BCUT2D eigenvalue weighted by atomic mass is 19.1. The number of nitrogens with two attached hydrogens (primary N) is 2. The minimum absolute atomic E-state index is 0.00846. The van der Waals surface area contributed by atoms with Crippen LogP contribution < -0.4 is 22.2 Å². The smallest absolute Gasteiger partial charge is 0.200 e. The molecule has 1 unspecified atom stereocenters. The SMILES string of the molecule is C=N/C=C(\C=NCN)C(=N)c1c(N)ncnc1NC(C)c1oc2ccccc2c(=O)c1-c1cccc(F)c1. The summed E-state index contributed by atoms with van der Waals surface area (Å²) >= 11 is 0. The van der Waals surface area contributed by atoms with Crippen molar-refractivity contribution in [3.8, 4) is 11.1 Å². The lowest BCUT2D eigenvalue weighted by molar-refractivity contribution is 0.515. The van der Waals surface area contributed by atoms with Crippen molar-refractivity contribution in [2.24, 2.45) is 15.7 Å². The van der Waals surface area contributed by atoms with E-state index >= 15 is 0 Å². The molecule has 0 amide bonds. The Balaban J connectivity index is 1.85. The molecule has 10 nitrogen and oxygen atoms in total. The van der Waals surface area contributed by atoms with Gasteiger partial charge in [-0.25, -0.2) is 14.4 Å². The Labute approximate surface area is 217 Å². The van der Waals surface area contributed by atoms with E-state index in [2.05, 4.69) is 32.0 Å². The van der Waals surface area contributed by atoms with Crippen LogP contribution in [0.5, 0.6) is 0 Å². The van der Waals surface area contributed by atoms with E-state index in [1.807, 2.05) is 0 Å². The minimum atomic E-state index is -0.672. The van der Waals surface area contributed by atoms with Crippen LogP contribution in [0.1, 0.15) is 24.3 Å². The summed E-state index contributed by atoms with van der Waals surface area (Å²) in [5.41, 5.74) is 12.6. The molecule has 4 rings (SSSR count). The molecule has 0 bridgehead atoms. The number of nitrogens with zero attached hydrogens (tertiary/aromatic N) is 4. The molecular weight excluding hydrogens is 487 g/mol. The van der Waals surface area contributed by atoms with E-state index in [9.17, 15) is 9.18 Å². The first-order chi connectivity index (χ1) is 18.3. The van der Waals surface area contributed by atoms with Gasteiger partial charge in [0.2, 0.25) is 5.43 Å². The van der Waals surface area contributed by atoms with Gasteiger partial charge in [0.25, 0.3) is 0 Å². The fourth-order valence-electron chi connectivity index (χ4n) is 3.96. The number of para-hydroxylation sites is 1. The Hall–Kier alpha value is -5.03. The maximum absolute atomic E-state index is 14.2. The fraction of sp³-hybridized carbons (Fsp3) is 0.111. The fourth-order valence-corrected chi connectivity index (χ4v) is 3.96. The Morgan fingerprint density at radius 1 is 1.26 bits per heavy atom. The summed E-state index contributed by atoms with van der Waals surface area (Å²) in [6.45, 7) is 5.19. The van der Waals surface area contributed by atoms with Crippen LogP contribution in [0.4, 0.5) is 16.0 Å². The number of allylic oxidation sites excluding steroid dienone is 1. The molecular formula is C27H25FN8O2. The molecule has 0 fully saturated rings. The second-order valence-electron chi connectivity index (χ2n) is 8.16. The highest BCUT2D eigenvalue weighted by Gasteiger charge is 2.24. The molecule has 0 aliphatic carbocycles. The monoisotopic (exact) mass is 512 g/mol. The van der Waals surface area contributed by atoms with Gasteiger partial charge in [-0.2, -0.15) is 0 Å². The molecule has 2 aromatic heterocycles. The van der Waals surface area contributed by atoms with Gasteiger partial charge in [0.15, 0.2) is 0 Å². The number of anilines is 2. The minimum Gasteiger partial charge on any atom is -0.458 e. The molecule has 6 N–H and O–H groups in total. The lowest BCUT2D eigenvalue weighted by Crippen LogP contribution is -2.19. The Kier molecular flexibility index (Phi) is 7.78. The van der Waals surface area contributed by atoms with Crippen molar-refractivity contribution in [1.29, 1.82) is 5.41 Å². The zero-order valence-electron chi connectivity index (χ0n) is 20.5. The van der Waals surface area contributed by atoms with E-state index in [4.69, 9.17) is 21.3 Å². The third kappa shape index (κ3) is 5.22. The average molecular weight is 513 g/mol. The number of rotatable bonds is 9. The maximum Gasteiger partial charge on any atom is 0.200 e. The Bertz CT molecular complexity index is 1640. The zero-order chi connectivity index (χ0) is 27.2. The van der Waals surface area contributed by atoms with Crippen LogP contribution in [-0.2, 0) is 0 Å². The molecule has 0 radical (unpaired) electrons. The van der Waals surface area contributed by atoms with Crippen molar-refractivity contribution < 1.29 is 8.81 Å². The lowest BCUT2D eigenvalue weighted by Gasteiger charge is -2.20. The van der Waals surface area contributed by atoms with Crippen molar-refractivity contribution in [2.45, 2.75) is 13.0 Å². The number of hydrogen-bond donors (Lipinski definition) is 4. The largest absolute Gasteiger partial charge is 0.458 e. The van der Waals surface area contributed by atoms with E-state index in [0.29, 0.717) is 16.5 Å². The maximum atomic E-state index is 14.2. The molecule has 0 aliphatic rings.